The summed E-state index contributed by atoms with van der Waals surface area (Å²) in [7, 11) is -2.22. The molecule has 5 nitrogen and oxygen atoms in total. The van der Waals surface area contributed by atoms with Crippen LogP contribution in [-0.2, 0) is 16.4 Å². The summed E-state index contributed by atoms with van der Waals surface area (Å²) in [5.74, 6) is 0.417. The van der Waals surface area contributed by atoms with Gasteiger partial charge in [0.2, 0.25) is 0 Å². The molecular weight excluding hydrogens is 420 g/mol. The number of anilines is 1. The third kappa shape index (κ3) is 4.06. The van der Waals surface area contributed by atoms with Crippen LogP contribution in [0.15, 0.2) is 70.6 Å². The van der Waals surface area contributed by atoms with Crippen molar-refractivity contribution >= 4 is 33.0 Å². The number of ether oxygens (including phenoxy) is 1. The third-order valence-corrected chi connectivity index (χ3v) is 6.65. The van der Waals surface area contributed by atoms with Gasteiger partial charge in [0.05, 0.1) is 23.4 Å². The molecular formula is C23H21ClN2O3S. The second-order valence-corrected chi connectivity index (χ2v) is 9.23. The molecule has 0 spiro atoms. The second-order valence-electron chi connectivity index (χ2n) is 7.12. The zero-order chi connectivity index (χ0) is 21.3. The van der Waals surface area contributed by atoms with E-state index in [1.807, 2.05) is 31.2 Å². The van der Waals surface area contributed by atoms with E-state index in [1.54, 1.807) is 36.4 Å². The van der Waals surface area contributed by atoms with Gasteiger partial charge in [-0.05, 0) is 55.3 Å². The summed E-state index contributed by atoms with van der Waals surface area (Å²) >= 11 is 6.20. The van der Waals surface area contributed by atoms with Crippen molar-refractivity contribution in [1.82, 2.24) is 0 Å². The number of hydrogen-bond acceptors (Lipinski definition) is 4. The van der Waals surface area contributed by atoms with E-state index in [0.717, 1.165) is 28.8 Å². The highest BCUT2D eigenvalue weighted by atomic mass is 35.5. The van der Waals surface area contributed by atoms with Crippen molar-refractivity contribution in [2.45, 2.75) is 18.2 Å². The Hall–Kier alpha value is -2.83. The number of rotatable bonds is 5. The fourth-order valence-electron chi connectivity index (χ4n) is 3.45. The molecule has 4 rings (SSSR count). The van der Waals surface area contributed by atoms with Gasteiger partial charge in [-0.25, -0.2) is 8.42 Å². The largest absolute Gasteiger partial charge is 0.495 e. The first kappa shape index (κ1) is 20.4. The minimum Gasteiger partial charge on any atom is -0.495 e. The molecule has 1 aliphatic heterocycles. The predicted molar refractivity (Wildman–Crippen MR) is 121 cm³/mol. The number of sulfonamides is 1. The molecule has 0 radical (unpaired) electrons. The van der Waals surface area contributed by atoms with E-state index < -0.39 is 10.0 Å². The molecule has 1 heterocycles. The van der Waals surface area contributed by atoms with E-state index in [9.17, 15) is 8.42 Å². The molecule has 3 aromatic carbocycles. The molecule has 30 heavy (non-hydrogen) atoms. The van der Waals surface area contributed by atoms with Gasteiger partial charge in [0, 0.05) is 22.7 Å². The summed E-state index contributed by atoms with van der Waals surface area (Å²) in [6.07, 6.45) is 0.863. The lowest BCUT2D eigenvalue weighted by molar-refractivity contribution is 0.417. The van der Waals surface area contributed by atoms with Crippen LogP contribution in [0, 0.1) is 6.92 Å². The summed E-state index contributed by atoms with van der Waals surface area (Å²) in [5, 5.41) is 0.651. The van der Waals surface area contributed by atoms with Crippen LogP contribution in [0.3, 0.4) is 0 Å². The molecule has 0 atom stereocenters. The number of aryl methyl sites for hydroxylation is 1. The van der Waals surface area contributed by atoms with Crippen molar-refractivity contribution in [3.8, 4) is 5.75 Å². The van der Waals surface area contributed by atoms with Crippen LogP contribution >= 0.6 is 11.6 Å². The average Bonchev–Trinajstić information content (AvgIpc) is 2.73. The van der Waals surface area contributed by atoms with E-state index in [-0.39, 0.29) is 4.90 Å². The van der Waals surface area contributed by atoms with Crippen LogP contribution in [0.4, 0.5) is 5.69 Å². The summed E-state index contributed by atoms with van der Waals surface area (Å²) in [6, 6.07) is 17.8. The summed E-state index contributed by atoms with van der Waals surface area (Å²) in [5.41, 5.74) is 5.20. The molecule has 154 valence electrons. The lowest BCUT2D eigenvalue weighted by Gasteiger charge is -2.19. The predicted octanol–water partition coefficient (Wildman–Crippen LogP) is 4.85. The van der Waals surface area contributed by atoms with Crippen molar-refractivity contribution in [3.05, 3.63) is 87.9 Å². The second kappa shape index (κ2) is 8.13. The summed E-state index contributed by atoms with van der Waals surface area (Å²) in [4.78, 5) is 4.88. The van der Waals surface area contributed by atoms with Gasteiger partial charge < -0.3 is 4.74 Å². The number of fused-ring (bicyclic) bond motifs is 1. The van der Waals surface area contributed by atoms with Crippen molar-refractivity contribution in [2.24, 2.45) is 4.99 Å². The molecule has 0 fully saturated rings. The SMILES string of the molecule is COc1cc(C2=NCCc3ccc(Cl)cc32)ccc1NS(=O)(=O)c1ccc(C)cc1. The normalized spacial score (nSPS) is 13.4. The van der Waals surface area contributed by atoms with Gasteiger partial charge >= 0.3 is 0 Å². The third-order valence-electron chi connectivity index (χ3n) is 5.03. The van der Waals surface area contributed by atoms with Gasteiger partial charge in [-0.15, -0.1) is 0 Å². The Balaban J connectivity index is 1.69. The highest BCUT2D eigenvalue weighted by Gasteiger charge is 2.20. The van der Waals surface area contributed by atoms with Crippen molar-refractivity contribution in [3.63, 3.8) is 0 Å². The Bertz CT molecular complexity index is 1240. The summed E-state index contributed by atoms with van der Waals surface area (Å²) < 4.78 is 33.6. The van der Waals surface area contributed by atoms with Crippen molar-refractivity contribution < 1.29 is 13.2 Å². The van der Waals surface area contributed by atoms with Gasteiger partial charge in [0.1, 0.15) is 5.75 Å². The van der Waals surface area contributed by atoms with E-state index >= 15 is 0 Å². The maximum atomic E-state index is 12.8. The zero-order valence-corrected chi connectivity index (χ0v) is 18.2. The molecule has 0 unspecified atom stereocenters. The molecule has 0 aromatic heterocycles. The molecule has 1 aliphatic rings. The number of nitrogens with zero attached hydrogens (tertiary/aromatic N) is 1. The molecule has 0 amide bonds. The molecule has 0 saturated carbocycles. The Labute approximate surface area is 181 Å². The zero-order valence-electron chi connectivity index (χ0n) is 16.6. The van der Waals surface area contributed by atoms with Gasteiger partial charge in [-0.3, -0.25) is 9.71 Å². The summed E-state index contributed by atoms with van der Waals surface area (Å²) in [6.45, 7) is 2.60. The molecule has 7 heteroatoms. The Morgan fingerprint density at radius 3 is 2.53 bits per heavy atom. The van der Waals surface area contributed by atoms with E-state index in [0.29, 0.717) is 23.0 Å². The van der Waals surface area contributed by atoms with E-state index in [4.69, 9.17) is 16.3 Å². The average molecular weight is 441 g/mol. The smallest absolute Gasteiger partial charge is 0.262 e. The van der Waals surface area contributed by atoms with Crippen LogP contribution in [0.25, 0.3) is 0 Å². The molecule has 0 aliphatic carbocycles. The highest BCUT2D eigenvalue weighted by Crippen LogP contribution is 2.31. The van der Waals surface area contributed by atoms with Crippen LogP contribution < -0.4 is 9.46 Å². The molecule has 0 bridgehead atoms. The number of methoxy groups -OCH3 is 1. The minimum atomic E-state index is -3.73. The maximum Gasteiger partial charge on any atom is 0.262 e. The topological polar surface area (TPSA) is 67.8 Å². The van der Waals surface area contributed by atoms with Crippen molar-refractivity contribution in [2.75, 3.05) is 18.4 Å². The molecule has 0 saturated heterocycles. The van der Waals surface area contributed by atoms with Gasteiger partial charge in [-0.1, -0.05) is 41.4 Å². The van der Waals surface area contributed by atoms with Crippen LogP contribution in [0.2, 0.25) is 5.02 Å². The first-order chi connectivity index (χ1) is 14.4. The van der Waals surface area contributed by atoms with Crippen LogP contribution in [0.5, 0.6) is 5.75 Å². The number of nitrogens with one attached hydrogen (secondary N) is 1. The number of hydrogen-bond donors (Lipinski definition) is 1. The molecule has 1 N–H and O–H groups in total. The minimum absolute atomic E-state index is 0.194. The van der Waals surface area contributed by atoms with Gasteiger partial charge in [-0.2, -0.15) is 0 Å². The fourth-order valence-corrected chi connectivity index (χ4v) is 4.69. The standard InChI is InChI=1S/C23H21ClN2O3S/c1-15-3-8-19(9-4-15)30(27,28)26-21-10-6-17(13-22(21)29-2)23-20-14-18(24)7-5-16(20)11-12-25-23/h3-10,13-14,26H,11-12H2,1-2H3. The number of halogens is 1. The number of aliphatic imine (C=N–C) groups is 1. The maximum absolute atomic E-state index is 12.8. The molecule has 3 aromatic rings. The van der Waals surface area contributed by atoms with Crippen molar-refractivity contribution in [1.29, 1.82) is 0 Å². The Morgan fingerprint density at radius 1 is 1.03 bits per heavy atom. The van der Waals surface area contributed by atoms with E-state index in [1.165, 1.54) is 12.7 Å². The first-order valence-electron chi connectivity index (χ1n) is 9.48. The lowest BCUT2D eigenvalue weighted by atomic mass is 9.93. The Kier molecular flexibility index (Phi) is 5.54. The van der Waals surface area contributed by atoms with E-state index in [2.05, 4.69) is 9.71 Å². The quantitative estimate of drug-likeness (QED) is 0.616. The Morgan fingerprint density at radius 2 is 1.80 bits per heavy atom. The van der Waals surface area contributed by atoms with Gasteiger partial charge in [0.25, 0.3) is 10.0 Å². The highest BCUT2D eigenvalue weighted by molar-refractivity contribution is 7.92. The van der Waals surface area contributed by atoms with Crippen LogP contribution in [0.1, 0.15) is 22.3 Å². The first-order valence-corrected chi connectivity index (χ1v) is 11.3. The number of benzene rings is 3. The lowest BCUT2D eigenvalue weighted by Crippen LogP contribution is -2.16. The fraction of sp³-hybridized carbons (Fsp3) is 0.174. The van der Waals surface area contributed by atoms with Crippen LogP contribution in [-0.4, -0.2) is 27.8 Å². The monoisotopic (exact) mass is 440 g/mol. The van der Waals surface area contributed by atoms with Gasteiger partial charge in [0.15, 0.2) is 0 Å².